The van der Waals surface area contributed by atoms with Gasteiger partial charge in [0.25, 0.3) is 0 Å². The van der Waals surface area contributed by atoms with E-state index in [2.05, 4.69) is 15.9 Å². The molecule has 11 heavy (non-hydrogen) atoms. The van der Waals surface area contributed by atoms with E-state index < -0.39 is 0 Å². The molecule has 1 aliphatic heterocycles. The summed E-state index contributed by atoms with van der Waals surface area (Å²) < 4.78 is 5.57. The number of ether oxygens (including phenoxy) is 1. The third-order valence-electron chi connectivity index (χ3n) is 1.72. The standard InChI is InChI=1S/C8H15BrOS/c9-5-3-7-11-8-4-1-2-6-10-8/h8H,1-7H2. The van der Waals surface area contributed by atoms with Crippen LogP contribution in [0, 0.1) is 0 Å². The molecule has 1 fully saturated rings. The molecular formula is C8H15BrOS. The molecule has 0 aliphatic carbocycles. The predicted octanol–water partition coefficient (Wildman–Crippen LogP) is 3.03. The number of halogens is 1. The summed E-state index contributed by atoms with van der Waals surface area (Å²) in [6.07, 6.45) is 5.12. The number of alkyl halides is 1. The Kier molecular flexibility index (Phi) is 5.68. The Bertz CT molecular complexity index is 94.1. The van der Waals surface area contributed by atoms with E-state index in [4.69, 9.17) is 4.74 Å². The van der Waals surface area contributed by atoms with Crippen LogP contribution in [0.2, 0.25) is 0 Å². The van der Waals surface area contributed by atoms with Crippen molar-refractivity contribution in [1.29, 1.82) is 0 Å². The van der Waals surface area contributed by atoms with Crippen molar-refractivity contribution >= 4 is 27.7 Å². The van der Waals surface area contributed by atoms with E-state index >= 15 is 0 Å². The fourth-order valence-corrected chi connectivity index (χ4v) is 2.86. The lowest BCUT2D eigenvalue weighted by Crippen LogP contribution is -2.15. The van der Waals surface area contributed by atoms with E-state index in [-0.39, 0.29) is 0 Å². The summed E-state index contributed by atoms with van der Waals surface area (Å²) in [5.41, 5.74) is 0.503. The second-order valence-electron chi connectivity index (χ2n) is 2.71. The molecule has 1 aliphatic rings. The molecule has 0 saturated carbocycles. The molecule has 0 radical (unpaired) electrons. The molecule has 1 rings (SSSR count). The van der Waals surface area contributed by atoms with Gasteiger partial charge in [-0.1, -0.05) is 15.9 Å². The van der Waals surface area contributed by atoms with Gasteiger partial charge in [-0.3, -0.25) is 0 Å². The zero-order valence-corrected chi connectivity index (χ0v) is 9.12. The van der Waals surface area contributed by atoms with Gasteiger partial charge in [-0.2, -0.15) is 0 Å². The highest BCUT2D eigenvalue weighted by Crippen LogP contribution is 2.23. The highest BCUT2D eigenvalue weighted by atomic mass is 79.9. The highest BCUT2D eigenvalue weighted by Gasteiger charge is 2.12. The van der Waals surface area contributed by atoms with Crippen LogP contribution >= 0.6 is 27.7 Å². The van der Waals surface area contributed by atoms with E-state index in [1.807, 2.05) is 11.8 Å². The smallest absolute Gasteiger partial charge is 0.103 e. The largest absolute Gasteiger partial charge is 0.368 e. The second kappa shape index (κ2) is 6.32. The van der Waals surface area contributed by atoms with E-state index in [0.29, 0.717) is 5.44 Å². The number of thioether (sulfide) groups is 1. The van der Waals surface area contributed by atoms with Crippen LogP contribution in [0.3, 0.4) is 0 Å². The molecule has 0 bridgehead atoms. The minimum absolute atomic E-state index is 0.503. The third-order valence-corrected chi connectivity index (χ3v) is 3.55. The lowest BCUT2D eigenvalue weighted by Gasteiger charge is -2.21. The molecule has 1 nitrogen and oxygen atoms in total. The van der Waals surface area contributed by atoms with Gasteiger partial charge in [0.15, 0.2) is 0 Å². The zero-order chi connectivity index (χ0) is 7.94. The van der Waals surface area contributed by atoms with Gasteiger partial charge in [0, 0.05) is 11.9 Å². The molecular weight excluding hydrogens is 224 g/mol. The summed E-state index contributed by atoms with van der Waals surface area (Å²) in [5, 5.41) is 1.12. The maximum absolute atomic E-state index is 5.57. The molecule has 66 valence electrons. The minimum Gasteiger partial charge on any atom is -0.368 e. The van der Waals surface area contributed by atoms with Crippen LogP contribution in [0.4, 0.5) is 0 Å². The first-order chi connectivity index (χ1) is 5.43. The van der Waals surface area contributed by atoms with Gasteiger partial charge >= 0.3 is 0 Å². The van der Waals surface area contributed by atoms with Crippen molar-refractivity contribution < 1.29 is 4.74 Å². The first-order valence-electron chi connectivity index (χ1n) is 4.22. The van der Waals surface area contributed by atoms with Crippen LogP contribution < -0.4 is 0 Å². The average molecular weight is 239 g/mol. The molecule has 0 aromatic rings. The normalized spacial score (nSPS) is 25.4. The summed E-state index contributed by atoms with van der Waals surface area (Å²) in [4.78, 5) is 0. The van der Waals surface area contributed by atoms with Crippen molar-refractivity contribution in [3.05, 3.63) is 0 Å². The Morgan fingerprint density at radius 1 is 1.45 bits per heavy atom. The zero-order valence-electron chi connectivity index (χ0n) is 6.72. The Labute approximate surface area is 81.4 Å². The monoisotopic (exact) mass is 238 g/mol. The molecule has 0 spiro atoms. The SMILES string of the molecule is BrCCCSC1CCCCO1. The Balaban J connectivity index is 1.96. The van der Waals surface area contributed by atoms with Crippen molar-refractivity contribution in [2.45, 2.75) is 31.1 Å². The Hall–Kier alpha value is 0.790. The van der Waals surface area contributed by atoms with Crippen molar-refractivity contribution in [2.75, 3.05) is 17.7 Å². The Morgan fingerprint density at radius 3 is 3.00 bits per heavy atom. The number of hydrogen-bond donors (Lipinski definition) is 0. The van der Waals surface area contributed by atoms with Crippen molar-refractivity contribution in [2.24, 2.45) is 0 Å². The third kappa shape index (κ3) is 4.38. The summed E-state index contributed by atoms with van der Waals surface area (Å²) in [7, 11) is 0. The van der Waals surface area contributed by atoms with Crippen LogP contribution in [-0.2, 0) is 4.74 Å². The van der Waals surface area contributed by atoms with E-state index in [1.54, 1.807) is 0 Å². The van der Waals surface area contributed by atoms with Gasteiger partial charge in [-0.15, -0.1) is 11.8 Å². The number of hydrogen-bond acceptors (Lipinski definition) is 2. The molecule has 0 N–H and O–H groups in total. The average Bonchev–Trinajstić information content (AvgIpc) is 2.07. The molecule has 1 saturated heterocycles. The molecule has 1 heterocycles. The van der Waals surface area contributed by atoms with Gasteiger partial charge in [-0.25, -0.2) is 0 Å². The van der Waals surface area contributed by atoms with Crippen molar-refractivity contribution in [1.82, 2.24) is 0 Å². The van der Waals surface area contributed by atoms with Crippen LogP contribution in [0.15, 0.2) is 0 Å². The fraction of sp³-hybridized carbons (Fsp3) is 1.00. The minimum atomic E-state index is 0.503. The molecule has 0 aromatic carbocycles. The maximum Gasteiger partial charge on any atom is 0.103 e. The van der Waals surface area contributed by atoms with Crippen LogP contribution in [0.5, 0.6) is 0 Å². The Morgan fingerprint density at radius 2 is 2.36 bits per heavy atom. The second-order valence-corrected chi connectivity index (χ2v) is 4.77. The molecule has 0 aromatic heterocycles. The molecule has 1 unspecified atom stereocenters. The maximum atomic E-state index is 5.57. The van der Waals surface area contributed by atoms with E-state index in [1.165, 1.54) is 31.4 Å². The van der Waals surface area contributed by atoms with Crippen molar-refractivity contribution in [3.8, 4) is 0 Å². The highest BCUT2D eigenvalue weighted by molar-refractivity contribution is 9.09. The fourth-order valence-electron chi connectivity index (χ4n) is 1.11. The lowest BCUT2D eigenvalue weighted by atomic mass is 10.2. The summed E-state index contributed by atoms with van der Waals surface area (Å²) in [5.74, 6) is 1.23. The molecule has 1 atom stereocenters. The molecule has 0 amide bonds. The van der Waals surface area contributed by atoms with Crippen LogP contribution in [-0.4, -0.2) is 23.1 Å². The molecule has 3 heteroatoms. The first-order valence-corrected chi connectivity index (χ1v) is 6.39. The van der Waals surface area contributed by atoms with Gasteiger partial charge in [0.2, 0.25) is 0 Å². The summed E-state index contributed by atoms with van der Waals surface area (Å²) in [6.45, 7) is 0.978. The van der Waals surface area contributed by atoms with E-state index in [0.717, 1.165) is 11.9 Å². The summed E-state index contributed by atoms with van der Waals surface area (Å²) in [6, 6.07) is 0. The number of rotatable bonds is 4. The van der Waals surface area contributed by atoms with Gasteiger partial charge in [-0.05, 0) is 31.4 Å². The van der Waals surface area contributed by atoms with Gasteiger partial charge in [0.05, 0.1) is 0 Å². The van der Waals surface area contributed by atoms with Crippen LogP contribution in [0.1, 0.15) is 25.7 Å². The van der Waals surface area contributed by atoms with E-state index in [9.17, 15) is 0 Å². The van der Waals surface area contributed by atoms with Crippen molar-refractivity contribution in [3.63, 3.8) is 0 Å². The summed E-state index contributed by atoms with van der Waals surface area (Å²) >= 11 is 5.39. The first kappa shape index (κ1) is 9.87. The van der Waals surface area contributed by atoms with Crippen LogP contribution in [0.25, 0.3) is 0 Å². The lowest BCUT2D eigenvalue weighted by molar-refractivity contribution is 0.0728. The topological polar surface area (TPSA) is 9.23 Å². The quantitative estimate of drug-likeness (QED) is 0.551. The van der Waals surface area contributed by atoms with Gasteiger partial charge in [0.1, 0.15) is 5.44 Å². The predicted molar refractivity (Wildman–Crippen MR) is 54.5 cm³/mol. The van der Waals surface area contributed by atoms with Gasteiger partial charge < -0.3 is 4.74 Å².